The zero-order valence-electron chi connectivity index (χ0n) is 18.0. The topological polar surface area (TPSA) is 51.6 Å². The summed E-state index contributed by atoms with van der Waals surface area (Å²) in [6, 6.07) is 32.9. The fourth-order valence-electron chi connectivity index (χ4n) is 3.90. The van der Waals surface area contributed by atoms with Crippen LogP contribution < -0.4 is 0 Å². The molecule has 4 heteroatoms. The monoisotopic (exact) mass is 426 g/mol. The molecule has 2 aromatic heterocycles. The van der Waals surface area contributed by atoms with Gasteiger partial charge < -0.3 is 0 Å². The Morgan fingerprint density at radius 3 is 1.03 bits per heavy atom. The van der Waals surface area contributed by atoms with E-state index < -0.39 is 0 Å². The molecule has 0 saturated carbocycles. The molecule has 0 N–H and O–H groups in total. The molecular formula is C29H22N4. The van der Waals surface area contributed by atoms with E-state index in [0.29, 0.717) is 0 Å². The molecule has 33 heavy (non-hydrogen) atoms. The minimum atomic E-state index is 0.949. The average molecular weight is 427 g/mol. The second-order valence-electron chi connectivity index (χ2n) is 7.58. The van der Waals surface area contributed by atoms with Gasteiger partial charge in [0.05, 0.1) is 22.1 Å². The van der Waals surface area contributed by atoms with Gasteiger partial charge in [-0.05, 0) is 52.9 Å². The van der Waals surface area contributed by atoms with Crippen molar-refractivity contribution >= 4 is 22.1 Å². The highest BCUT2D eigenvalue weighted by atomic mass is 14.8. The molecule has 158 valence electrons. The SMILES string of the molecule is c1ccc2c(c1)Cc1ccccc1-2.c1ccc2nccnc2c1.c1ccc2nccnc2c1. The summed E-state index contributed by atoms with van der Waals surface area (Å²) in [6.07, 6.45) is 7.89. The van der Waals surface area contributed by atoms with Crippen molar-refractivity contribution in [3.8, 4) is 11.1 Å². The molecule has 0 aliphatic heterocycles. The first-order valence-electron chi connectivity index (χ1n) is 10.9. The van der Waals surface area contributed by atoms with Gasteiger partial charge in [0.2, 0.25) is 0 Å². The van der Waals surface area contributed by atoms with Crippen LogP contribution in [0.1, 0.15) is 11.1 Å². The lowest BCUT2D eigenvalue weighted by Crippen LogP contribution is -1.78. The summed E-state index contributed by atoms with van der Waals surface area (Å²) in [7, 11) is 0. The third-order valence-corrected chi connectivity index (χ3v) is 5.46. The lowest BCUT2D eigenvalue weighted by Gasteiger charge is -1.98. The molecule has 7 rings (SSSR count). The van der Waals surface area contributed by atoms with Crippen molar-refractivity contribution in [1.82, 2.24) is 19.9 Å². The van der Waals surface area contributed by atoms with E-state index in [-0.39, 0.29) is 0 Å². The van der Waals surface area contributed by atoms with Crippen LogP contribution in [0, 0.1) is 0 Å². The molecule has 1 aliphatic carbocycles. The first-order valence-corrected chi connectivity index (χ1v) is 10.9. The third-order valence-electron chi connectivity index (χ3n) is 5.46. The first-order chi connectivity index (χ1) is 16.4. The Morgan fingerprint density at radius 2 is 0.667 bits per heavy atom. The summed E-state index contributed by atoms with van der Waals surface area (Å²) in [5.74, 6) is 0. The molecule has 6 aromatic rings. The molecule has 0 atom stereocenters. The van der Waals surface area contributed by atoms with E-state index in [1.807, 2.05) is 48.5 Å². The van der Waals surface area contributed by atoms with Gasteiger partial charge in [0, 0.05) is 24.8 Å². The van der Waals surface area contributed by atoms with E-state index in [4.69, 9.17) is 0 Å². The van der Waals surface area contributed by atoms with Crippen LogP contribution in [0.25, 0.3) is 33.2 Å². The van der Waals surface area contributed by atoms with E-state index in [1.165, 1.54) is 22.3 Å². The van der Waals surface area contributed by atoms with Gasteiger partial charge in [-0.3, -0.25) is 19.9 Å². The van der Waals surface area contributed by atoms with Crippen LogP contribution in [0.3, 0.4) is 0 Å². The maximum absolute atomic E-state index is 4.12. The highest BCUT2D eigenvalue weighted by molar-refractivity contribution is 5.76. The normalized spacial score (nSPS) is 10.9. The van der Waals surface area contributed by atoms with E-state index >= 15 is 0 Å². The van der Waals surface area contributed by atoms with Crippen LogP contribution in [-0.2, 0) is 6.42 Å². The second-order valence-corrected chi connectivity index (χ2v) is 7.58. The molecule has 0 fully saturated rings. The number of fused-ring (bicyclic) bond motifs is 5. The zero-order chi connectivity index (χ0) is 22.3. The molecule has 0 spiro atoms. The minimum Gasteiger partial charge on any atom is -0.253 e. The van der Waals surface area contributed by atoms with Crippen molar-refractivity contribution in [2.45, 2.75) is 6.42 Å². The van der Waals surface area contributed by atoms with Crippen molar-refractivity contribution in [1.29, 1.82) is 0 Å². The predicted octanol–water partition coefficient (Wildman–Crippen LogP) is 6.52. The lowest BCUT2D eigenvalue weighted by molar-refractivity contribution is 1.26. The summed E-state index contributed by atoms with van der Waals surface area (Å²) >= 11 is 0. The smallest absolute Gasteiger partial charge is 0.0886 e. The maximum Gasteiger partial charge on any atom is 0.0886 e. The number of para-hydroxylation sites is 4. The van der Waals surface area contributed by atoms with Crippen molar-refractivity contribution in [3.63, 3.8) is 0 Å². The fourth-order valence-corrected chi connectivity index (χ4v) is 3.90. The van der Waals surface area contributed by atoms with Crippen LogP contribution in [0.4, 0.5) is 0 Å². The van der Waals surface area contributed by atoms with Crippen molar-refractivity contribution in [3.05, 3.63) is 133 Å². The van der Waals surface area contributed by atoms with Crippen molar-refractivity contribution < 1.29 is 0 Å². The molecule has 1 aliphatic rings. The van der Waals surface area contributed by atoms with Crippen LogP contribution in [0.5, 0.6) is 0 Å². The maximum atomic E-state index is 4.12. The van der Waals surface area contributed by atoms with Gasteiger partial charge in [-0.2, -0.15) is 0 Å². The first kappa shape index (κ1) is 20.5. The summed E-state index contributed by atoms with van der Waals surface area (Å²) < 4.78 is 0. The molecule has 0 unspecified atom stereocenters. The van der Waals surface area contributed by atoms with E-state index in [1.54, 1.807) is 24.8 Å². The second kappa shape index (κ2) is 9.79. The van der Waals surface area contributed by atoms with Gasteiger partial charge in [0.25, 0.3) is 0 Å². The van der Waals surface area contributed by atoms with E-state index in [0.717, 1.165) is 28.5 Å². The minimum absolute atomic E-state index is 0.949. The van der Waals surface area contributed by atoms with Crippen LogP contribution in [-0.4, -0.2) is 19.9 Å². The molecule has 0 bridgehead atoms. The number of hydrogen-bond donors (Lipinski definition) is 0. The average Bonchev–Trinajstić information content (AvgIpc) is 3.28. The van der Waals surface area contributed by atoms with Crippen LogP contribution in [0.15, 0.2) is 122 Å². The fraction of sp³-hybridized carbons (Fsp3) is 0.0345. The van der Waals surface area contributed by atoms with E-state index in [2.05, 4.69) is 68.5 Å². The number of rotatable bonds is 0. The van der Waals surface area contributed by atoms with Gasteiger partial charge in [0.1, 0.15) is 0 Å². The Hall–Kier alpha value is -4.44. The van der Waals surface area contributed by atoms with Crippen molar-refractivity contribution in [2.75, 3.05) is 0 Å². The highest BCUT2D eigenvalue weighted by Crippen LogP contribution is 2.35. The number of nitrogens with zero attached hydrogens (tertiary/aromatic N) is 4. The summed E-state index contributed by atoms with van der Waals surface area (Å²) in [5.41, 5.74) is 9.55. The molecule has 0 amide bonds. The third kappa shape index (κ3) is 4.75. The lowest BCUT2D eigenvalue weighted by atomic mass is 10.1. The van der Waals surface area contributed by atoms with Gasteiger partial charge in [-0.1, -0.05) is 72.8 Å². The number of aromatic nitrogens is 4. The molecule has 4 nitrogen and oxygen atoms in total. The van der Waals surface area contributed by atoms with E-state index in [9.17, 15) is 0 Å². The van der Waals surface area contributed by atoms with Gasteiger partial charge >= 0.3 is 0 Å². The molecule has 0 saturated heterocycles. The summed E-state index contributed by atoms with van der Waals surface area (Å²) in [5, 5.41) is 0. The zero-order valence-corrected chi connectivity index (χ0v) is 18.0. The Bertz CT molecular complexity index is 1260. The number of benzene rings is 4. The molecule has 0 radical (unpaired) electrons. The van der Waals surface area contributed by atoms with Crippen LogP contribution in [0.2, 0.25) is 0 Å². The Labute approximate surface area is 192 Å². The molecule has 2 heterocycles. The molecular weight excluding hydrogens is 404 g/mol. The number of hydrogen-bond acceptors (Lipinski definition) is 4. The van der Waals surface area contributed by atoms with Crippen molar-refractivity contribution in [2.24, 2.45) is 0 Å². The predicted molar refractivity (Wildman–Crippen MR) is 134 cm³/mol. The quantitative estimate of drug-likeness (QED) is 0.277. The summed E-state index contributed by atoms with van der Waals surface area (Å²) in [4.78, 5) is 16.5. The van der Waals surface area contributed by atoms with Crippen LogP contribution >= 0.6 is 0 Å². The Morgan fingerprint density at radius 1 is 0.364 bits per heavy atom. The Balaban J connectivity index is 0.000000105. The van der Waals surface area contributed by atoms with Gasteiger partial charge in [-0.15, -0.1) is 0 Å². The highest BCUT2D eigenvalue weighted by Gasteiger charge is 2.15. The largest absolute Gasteiger partial charge is 0.253 e. The summed E-state index contributed by atoms with van der Waals surface area (Å²) in [6.45, 7) is 0. The standard InChI is InChI=1S/C13H10.2C8H6N2/c1-3-7-12-10(5-1)9-11-6-2-4-8-13(11)12;2*1-2-4-8-7(3-1)9-5-6-10-8/h1-8H,9H2;2*1-6H. The molecule has 4 aromatic carbocycles. The van der Waals surface area contributed by atoms with Gasteiger partial charge in [0.15, 0.2) is 0 Å². The van der Waals surface area contributed by atoms with Gasteiger partial charge in [-0.25, -0.2) is 0 Å². The Kier molecular flexibility index (Phi) is 6.07.